The van der Waals surface area contributed by atoms with E-state index in [1.165, 1.54) is 25.0 Å². The van der Waals surface area contributed by atoms with Gasteiger partial charge in [-0.2, -0.15) is 0 Å². The molecule has 2 rings (SSSR count). The molecule has 0 aliphatic heterocycles. The van der Waals surface area contributed by atoms with Crippen LogP contribution < -0.4 is 0 Å². The molecule has 0 fully saturated rings. The van der Waals surface area contributed by atoms with Crippen molar-refractivity contribution in [1.29, 1.82) is 0 Å². The lowest BCUT2D eigenvalue weighted by atomic mass is 10.3. The summed E-state index contributed by atoms with van der Waals surface area (Å²) in [5.74, 6) is -0.344. The summed E-state index contributed by atoms with van der Waals surface area (Å²) < 4.78 is 4.94. The molecule has 0 saturated heterocycles. The summed E-state index contributed by atoms with van der Waals surface area (Å²) in [6.07, 6.45) is 5.14. The molecule has 2 aromatic heterocycles. The molecule has 2 heterocycles. The second kappa shape index (κ2) is 3.25. The highest BCUT2D eigenvalue weighted by Crippen LogP contribution is 2.12. The van der Waals surface area contributed by atoms with Crippen molar-refractivity contribution in [3.63, 3.8) is 0 Å². The molecule has 0 saturated carbocycles. The van der Waals surface area contributed by atoms with E-state index in [1.54, 1.807) is 0 Å². The average molecular weight is 191 g/mol. The Kier molecular flexibility index (Phi) is 1.94. The van der Waals surface area contributed by atoms with Crippen molar-refractivity contribution < 1.29 is 14.3 Å². The Hall–Kier alpha value is -2.24. The van der Waals surface area contributed by atoms with Crippen LogP contribution in [0.25, 0.3) is 11.6 Å². The first-order valence-electron chi connectivity index (χ1n) is 3.71. The monoisotopic (exact) mass is 191 g/mol. The normalized spacial score (nSPS) is 10.0. The summed E-state index contributed by atoms with van der Waals surface area (Å²) in [4.78, 5) is 21.8. The molecule has 14 heavy (non-hydrogen) atoms. The third-order valence-electron chi connectivity index (χ3n) is 1.55. The predicted molar refractivity (Wildman–Crippen MR) is 44.5 cm³/mol. The number of carboxylic acids is 1. The third-order valence-corrected chi connectivity index (χ3v) is 1.55. The summed E-state index contributed by atoms with van der Waals surface area (Å²) in [5, 5.41) is 8.59. The topological polar surface area (TPSA) is 89.1 Å². The molecule has 0 bridgehead atoms. The first-order valence-corrected chi connectivity index (χ1v) is 3.71. The van der Waals surface area contributed by atoms with Gasteiger partial charge in [0.05, 0.1) is 11.8 Å². The number of aromatic nitrogens is 3. The van der Waals surface area contributed by atoms with Crippen molar-refractivity contribution >= 4 is 5.97 Å². The second-order valence-electron chi connectivity index (χ2n) is 2.47. The van der Waals surface area contributed by atoms with Crippen molar-refractivity contribution in [2.24, 2.45) is 0 Å². The molecule has 0 atom stereocenters. The molecule has 0 aliphatic rings. The molecule has 6 heteroatoms. The summed E-state index contributed by atoms with van der Waals surface area (Å²) >= 11 is 0. The Morgan fingerprint density at radius 2 is 2.00 bits per heavy atom. The van der Waals surface area contributed by atoms with Crippen LogP contribution in [0.5, 0.6) is 0 Å². The van der Waals surface area contributed by atoms with Gasteiger partial charge in [0.1, 0.15) is 0 Å². The zero-order valence-electron chi connectivity index (χ0n) is 6.91. The van der Waals surface area contributed by atoms with Gasteiger partial charge in [-0.25, -0.2) is 19.7 Å². The van der Waals surface area contributed by atoms with Gasteiger partial charge in [-0.3, -0.25) is 0 Å². The SMILES string of the molecule is O=C(O)c1cnc(-c2cnco2)nc1. The highest BCUT2D eigenvalue weighted by atomic mass is 16.4. The summed E-state index contributed by atoms with van der Waals surface area (Å²) in [6.45, 7) is 0. The fraction of sp³-hybridized carbons (Fsp3) is 0. The lowest BCUT2D eigenvalue weighted by Crippen LogP contribution is -1.99. The number of hydrogen-bond donors (Lipinski definition) is 1. The van der Waals surface area contributed by atoms with E-state index in [9.17, 15) is 4.79 Å². The fourth-order valence-corrected chi connectivity index (χ4v) is 0.892. The van der Waals surface area contributed by atoms with E-state index in [-0.39, 0.29) is 5.56 Å². The van der Waals surface area contributed by atoms with Crippen molar-refractivity contribution in [1.82, 2.24) is 15.0 Å². The number of aromatic carboxylic acids is 1. The van der Waals surface area contributed by atoms with E-state index in [2.05, 4.69) is 15.0 Å². The zero-order chi connectivity index (χ0) is 9.97. The quantitative estimate of drug-likeness (QED) is 0.756. The minimum atomic E-state index is -1.06. The van der Waals surface area contributed by atoms with Crippen LogP contribution in [0, 0.1) is 0 Å². The van der Waals surface area contributed by atoms with Crippen LogP contribution in [0.1, 0.15) is 10.4 Å². The Morgan fingerprint density at radius 3 is 2.50 bits per heavy atom. The largest absolute Gasteiger partial charge is 0.478 e. The Bertz CT molecular complexity index is 435. The number of oxazole rings is 1. The van der Waals surface area contributed by atoms with Crippen LogP contribution >= 0.6 is 0 Å². The van der Waals surface area contributed by atoms with E-state index >= 15 is 0 Å². The van der Waals surface area contributed by atoms with Gasteiger partial charge in [0.15, 0.2) is 18.0 Å². The summed E-state index contributed by atoms with van der Waals surface area (Å²) in [6, 6.07) is 0. The van der Waals surface area contributed by atoms with Gasteiger partial charge >= 0.3 is 5.97 Å². The lowest BCUT2D eigenvalue weighted by molar-refractivity contribution is 0.0696. The van der Waals surface area contributed by atoms with E-state index in [4.69, 9.17) is 9.52 Å². The predicted octanol–water partition coefficient (Wildman–Crippen LogP) is 0.830. The first kappa shape index (κ1) is 8.36. The van der Waals surface area contributed by atoms with Gasteiger partial charge in [0.25, 0.3) is 0 Å². The molecule has 2 aromatic rings. The molecular formula is C8H5N3O3. The maximum atomic E-state index is 10.5. The van der Waals surface area contributed by atoms with Crippen LogP contribution in [0.2, 0.25) is 0 Å². The minimum Gasteiger partial charge on any atom is -0.478 e. The standard InChI is InChI=1S/C8H5N3O3/c12-8(13)5-1-10-7(11-2-5)6-3-9-4-14-6/h1-4H,(H,12,13). The van der Waals surface area contributed by atoms with Crippen LogP contribution in [-0.4, -0.2) is 26.0 Å². The first-order chi connectivity index (χ1) is 6.77. The van der Waals surface area contributed by atoms with Gasteiger partial charge in [0.2, 0.25) is 0 Å². The number of nitrogens with zero attached hydrogens (tertiary/aromatic N) is 3. The van der Waals surface area contributed by atoms with E-state index in [0.717, 1.165) is 0 Å². The molecule has 0 radical (unpaired) electrons. The number of carbonyl (C=O) groups is 1. The smallest absolute Gasteiger partial charge is 0.338 e. The lowest BCUT2D eigenvalue weighted by Gasteiger charge is -1.94. The molecule has 0 aromatic carbocycles. The van der Waals surface area contributed by atoms with E-state index in [0.29, 0.717) is 11.6 Å². The molecule has 0 amide bonds. The van der Waals surface area contributed by atoms with Crippen LogP contribution in [0.4, 0.5) is 0 Å². The third kappa shape index (κ3) is 1.45. The number of rotatable bonds is 2. The van der Waals surface area contributed by atoms with Gasteiger partial charge in [-0.1, -0.05) is 0 Å². The Balaban J connectivity index is 2.36. The number of carboxylic acid groups (broad SMARTS) is 1. The van der Waals surface area contributed by atoms with Crippen LogP contribution in [0.3, 0.4) is 0 Å². The molecule has 6 nitrogen and oxygen atoms in total. The molecular weight excluding hydrogens is 186 g/mol. The Morgan fingerprint density at radius 1 is 1.29 bits per heavy atom. The van der Waals surface area contributed by atoms with Crippen LogP contribution in [-0.2, 0) is 0 Å². The molecule has 0 spiro atoms. The van der Waals surface area contributed by atoms with Crippen molar-refractivity contribution in [3.8, 4) is 11.6 Å². The highest BCUT2D eigenvalue weighted by Gasteiger charge is 2.07. The van der Waals surface area contributed by atoms with Crippen molar-refractivity contribution in [3.05, 3.63) is 30.5 Å². The van der Waals surface area contributed by atoms with Gasteiger partial charge in [-0.05, 0) is 0 Å². The zero-order valence-corrected chi connectivity index (χ0v) is 6.91. The maximum Gasteiger partial charge on any atom is 0.338 e. The number of hydrogen-bond acceptors (Lipinski definition) is 5. The molecule has 1 N–H and O–H groups in total. The van der Waals surface area contributed by atoms with Gasteiger partial charge in [-0.15, -0.1) is 0 Å². The molecule has 70 valence electrons. The Labute approximate surface area is 78.3 Å². The summed E-state index contributed by atoms with van der Waals surface area (Å²) in [7, 11) is 0. The van der Waals surface area contributed by atoms with Crippen molar-refractivity contribution in [2.45, 2.75) is 0 Å². The summed E-state index contributed by atoms with van der Waals surface area (Å²) in [5.41, 5.74) is 0.0354. The van der Waals surface area contributed by atoms with E-state index < -0.39 is 5.97 Å². The van der Waals surface area contributed by atoms with Crippen molar-refractivity contribution in [2.75, 3.05) is 0 Å². The average Bonchev–Trinajstić information content (AvgIpc) is 2.71. The highest BCUT2D eigenvalue weighted by molar-refractivity contribution is 5.86. The molecule has 0 unspecified atom stereocenters. The maximum absolute atomic E-state index is 10.5. The minimum absolute atomic E-state index is 0.0354. The fourth-order valence-electron chi connectivity index (χ4n) is 0.892. The van der Waals surface area contributed by atoms with Gasteiger partial charge in [0, 0.05) is 12.4 Å². The molecule has 0 aliphatic carbocycles. The van der Waals surface area contributed by atoms with Gasteiger partial charge < -0.3 is 9.52 Å². The second-order valence-corrected chi connectivity index (χ2v) is 2.47. The van der Waals surface area contributed by atoms with E-state index in [1.807, 2.05) is 0 Å². The van der Waals surface area contributed by atoms with Crippen LogP contribution in [0.15, 0.2) is 29.4 Å².